The summed E-state index contributed by atoms with van der Waals surface area (Å²) < 4.78 is 13.9. The van der Waals surface area contributed by atoms with Gasteiger partial charge < -0.3 is 0 Å². The van der Waals surface area contributed by atoms with E-state index in [0.717, 1.165) is 11.5 Å². The van der Waals surface area contributed by atoms with Gasteiger partial charge in [0.2, 0.25) is 0 Å². The van der Waals surface area contributed by atoms with Gasteiger partial charge in [0.1, 0.15) is 0 Å². The summed E-state index contributed by atoms with van der Waals surface area (Å²) >= 11 is 2.68. The van der Waals surface area contributed by atoms with E-state index in [9.17, 15) is 9.18 Å². The van der Waals surface area contributed by atoms with Crippen LogP contribution < -0.4 is 5.32 Å². The maximum Gasteiger partial charge on any atom is 2.00 e. The second-order valence-corrected chi connectivity index (χ2v) is 6.84. The van der Waals surface area contributed by atoms with E-state index in [4.69, 9.17) is 0 Å². The molecule has 149 valence electrons. The number of amides is 1. The Morgan fingerprint density at radius 3 is 1.97 bits per heavy atom. The zero-order chi connectivity index (χ0) is 20.5. The van der Waals surface area contributed by atoms with Gasteiger partial charge in [0.05, 0.1) is 0 Å². The van der Waals surface area contributed by atoms with Crippen molar-refractivity contribution in [1.29, 1.82) is 0 Å². The van der Waals surface area contributed by atoms with Crippen molar-refractivity contribution in [2.75, 3.05) is 0 Å². The fourth-order valence-electron chi connectivity index (χ4n) is 2.57. The van der Waals surface area contributed by atoms with Crippen LogP contribution in [0.15, 0.2) is 53.5 Å². The summed E-state index contributed by atoms with van der Waals surface area (Å²) in [6.07, 6.45) is 18.0. The first kappa shape index (κ1) is 24.8. The quantitative estimate of drug-likeness (QED) is 0.381. The Kier molecular flexibility index (Phi) is 10.8. The van der Waals surface area contributed by atoms with Gasteiger partial charge in [0.15, 0.2) is 0 Å². The maximum atomic E-state index is 13.6. The van der Waals surface area contributed by atoms with Crippen LogP contribution in [0.25, 0.3) is 0 Å². The third-order valence-electron chi connectivity index (χ3n) is 3.99. The predicted octanol–water partition coefficient (Wildman–Crippen LogP) is 4.18. The normalized spacial score (nSPS) is 16.4. The standard InChI is InChI=1S/C19H13FN2OSe.C5H5.Fe/c20-17-8-4-3-7-16(17)18(23)22-19(24)21-15-11-9-14(10-12-15)13-5-1-2-6-13;1-2-4-5-3-1;/h1-12H,(H,21,22,23);1-5H;/q;;+2. The van der Waals surface area contributed by atoms with Crippen LogP contribution in [0.1, 0.15) is 15.9 Å². The van der Waals surface area contributed by atoms with Crippen molar-refractivity contribution in [2.45, 2.75) is 0 Å². The Labute approximate surface area is 197 Å². The van der Waals surface area contributed by atoms with Gasteiger partial charge in [-0.15, -0.1) is 0 Å². The number of benzene rings is 2. The number of halogens is 1. The third-order valence-corrected chi connectivity index (χ3v) is 4.39. The van der Waals surface area contributed by atoms with Crippen molar-refractivity contribution in [1.82, 2.24) is 5.32 Å². The van der Waals surface area contributed by atoms with Crippen molar-refractivity contribution in [3.8, 4) is 0 Å². The van der Waals surface area contributed by atoms with Crippen LogP contribution in [0, 0.1) is 69.5 Å². The molecule has 2 aliphatic rings. The molecule has 3 nitrogen and oxygen atoms in total. The molecule has 0 bridgehead atoms. The van der Waals surface area contributed by atoms with Gasteiger partial charge in [0, 0.05) is 0 Å². The number of hydrogen-bond acceptors (Lipinski definition) is 2. The smallest absolute Gasteiger partial charge is 0.0312 e. The fraction of sp³-hybridized carbons (Fsp3) is 0. The molecule has 30 heavy (non-hydrogen) atoms. The van der Waals surface area contributed by atoms with Gasteiger partial charge in [-0.3, -0.25) is 0 Å². The van der Waals surface area contributed by atoms with E-state index in [0.29, 0.717) is 5.69 Å². The fourth-order valence-corrected chi connectivity index (χ4v) is 2.99. The first-order chi connectivity index (χ1) is 14.1. The van der Waals surface area contributed by atoms with Crippen molar-refractivity contribution >= 4 is 32.3 Å². The minimum absolute atomic E-state index is 0. The summed E-state index contributed by atoms with van der Waals surface area (Å²) in [4.78, 5) is 16.3. The van der Waals surface area contributed by atoms with Crippen molar-refractivity contribution in [3.63, 3.8) is 0 Å². The summed E-state index contributed by atoms with van der Waals surface area (Å²) in [5.74, 6) is 0.0301. The first-order valence-electron chi connectivity index (χ1n) is 8.94. The molecule has 2 aromatic carbocycles. The van der Waals surface area contributed by atoms with E-state index in [1.165, 1.54) is 18.2 Å². The molecule has 0 aliphatic heterocycles. The number of carbonyl (C=O) groups is 1. The van der Waals surface area contributed by atoms with Gasteiger partial charge in [-0.05, 0) is 32.1 Å². The molecule has 2 saturated carbocycles. The average Bonchev–Trinajstić information content (AvgIpc) is 3.45. The van der Waals surface area contributed by atoms with Gasteiger partial charge in [-0.25, -0.2) is 0 Å². The summed E-state index contributed by atoms with van der Waals surface area (Å²) in [5.41, 5.74) is 1.76. The largest absolute Gasteiger partial charge is 2.00 e. The van der Waals surface area contributed by atoms with Crippen molar-refractivity contribution in [3.05, 3.63) is 129 Å². The van der Waals surface area contributed by atoms with E-state index in [-0.39, 0.29) is 27.4 Å². The van der Waals surface area contributed by atoms with E-state index in [1.807, 2.05) is 82.1 Å². The van der Waals surface area contributed by atoms with Gasteiger partial charge >= 0.3 is 166 Å². The molecule has 6 heteroatoms. The number of hydrogen-bond donors (Lipinski definition) is 1. The molecule has 11 radical (unpaired) electrons. The maximum absolute atomic E-state index is 13.6. The molecule has 0 saturated heterocycles. The zero-order valence-corrected chi connectivity index (χ0v) is 18.6. The molecule has 1 N–H and O–H groups in total. The minimum Gasteiger partial charge on any atom is -0.0312 e. The van der Waals surface area contributed by atoms with E-state index >= 15 is 0 Å². The van der Waals surface area contributed by atoms with E-state index < -0.39 is 11.7 Å². The van der Waals surface area contributed by atoms with Crippen LogP contribution in [-0.4, -0.2) is 26.7 Å². The van der Waals surface area contributed by atoms with E-state index in [1.54, 1.807) is 6.07 Å². The SMILES string of the molecule is O=C(NC([Se])=Nc1ccc([C]2[CH][CH][CH][CH]2)cc1)c1ccccc1F.[CH]1[CH][CH][CH][CH]1.[Fe+2]. The van der Waals surface area contributed by atoms with Crippen LogP contribution in [0.2, 0.25) is 0 Å². The average molecular weight is 504 g/mol. The molecular formula is C24H18FFeN2OSe+2. The molecule has 0 atom stereocenters. The third kappa shape index (κ3) is 7.66. The monoisotopic (exact) mass is 505 g/mol. The number of amidine groups is 1. The molecule has 0 unspecified atom stereocenters. The molecule has 2 aromatic rings. The molecule has 2 aliphatic carbocycles. The number of rotatable bonds is 3. The number of nitrogens with zero attached hydrogens (tertiary/aromatic N) is 1. The van der Waals surface area contributed by atoms with Gasteiger partial charge in [-0.2, -0.15) is 0 Å². The zero-order valence-electron chi connectivity index (χ0n) is 15.8. The first-order valence-corrected chi connectivity index (χ1v) is 9.79. The summed E-state index contributed by atoms with van der Waals surface area (Å²) in [6, 6.07) is 13.4. The predicted molar refractivity (Wildman–Crippen MR) is 114 cm³/mol. The van der Waals surface area contributed by atoms with Crippen LogP contribution in [0.4, 0.5) is 10.1 Å². The molecule has 4 rings (SSSR count). The van der Waals surface area contributed by atoms with Gasteiger partial charge in [-0.1, -0.05) is 0 Å². The molecule has 0 heterocycles. The van der Waals surface area contributed by atoms with Crippen LogP contribution >= 0.6 is 0 Å². The second-order valence-electron chi connectivity index (χ2n) is 6.03. The summed E-state index contributed by atoms with van der Waals surface area (Å²) in [5, 5.41) is 2.54. The molecular weight excluding hydrogens is 486 g/mol. The van der Waals surface area contributed by atoms with Crippen molar-refractivity contribution in [2.24, 2.45) is 4.99 Å². The second kappa shape index (κ2) is 13.1. The van der Waals surface area contributed by atoms with Crippen LogP contribution in [-0.2, 0) is 17.1 Å². The Hall–Kier alpha value is -1.45. The molecule has 0 spiro atoms. The van der Waals surface area contributed by atoms with Crippen LogP contribution in [0.5, 0.6) is 0 Å². The Morgan fingerprint density at radius 1 is 0.833 bits per heavy atom. The number of aliphatic imine (C=N–C) groups is 1. The van der Waals surface area contributed by atoms with Crippen LogP contribution in [0.3, 0.4) is 0 Å². The topological polar surface area (TPSA) is 41.5 Å². The summed E-state index contributed by atoms with van der Waals surface area (Å²) in [7, 11) is 0. The number of carbonyl (C=O) groups excluding carboxylic acids is 1. The molecule has 1 amide bonds. The van der Waals surface area contributed by atoms with Gasteiger partial charge in [0.25, 0.3) is 0 Å². The number of nitrogens with one attached hydrogen (secondary N) is 1. The Balaban J connectivity index is 0.000000468. The summed E-state index contributed by atoms with van der Waals surface area (Å²) in [6.45, 7) is 0. The van der Waals surface area contributed by atoms with E-state index in [2.05, 4.69) is 26.3 Å². The molecule has 0 aromatic heterocycles. The molecule has 2 fully saturated rings. The Morgan fingerprint density at radius 2 is 1.40 bits per heavy atom. The Bertz CT molecular complexity index is 824. The van der Waals surface area contributed by atoms with Crippen molar-refractivity contribution < 1.29 is 26.3 Å². The minimum atomic E-state index is -0.568.